The molecule has 2 heterocycles. The van der Waals surface area contributed by atoms with Gasteiger partial charge in [0.2, 0.25) is 5.91 Å². The lowest BCUT2D eigenvalue weighted by Crippen LogP contribution is -2.41. The Morgan fingerprint density at radius 2 is 1.88 bits per heavy atom. The summed E-state index contributed by atoms with van der Waals surface area (Å²) in [7, 11) is -3.65. The molecule has 1 N–H and O–H groups in total. The fraction of sp³-hybridized carbons (Fsp3) is 0.400. The standard InChI is InChI=1S/C25H29N5O3S/c1-2-3-8-22(27-24-21-7-4-5-9-23(21)34(32,33)28-24)25(31)30-15-6-14-29(16-17-30)20-12-10-19(18-26)11-13-20/h4-5,7,9-13,22H,2-3,6,8,14-17H2,1H3,(H,27,28). The van der Waals surface area contributed by atoms with Gasteiger partial charge in [-0.05, 0) is 49.2 Å². The van der Waals surface area contributed by atoms with Gasteiger partial charge in [-0.15, -0.1) is 0 Å². The third kappa shape index (κ3) is 5.07. The van der Waals surface area contributed by atoms with Gasteiger partial charge in [-0.25, -0.2) is 8.42 Å². The molecule has 0 bridgehead atoms. The molecule has 0 radical (unpaired) electrons. The van der Waals surface area contributed by atoms with E-state index in [4.69, 9.17) is 5.26 Å². The largest absolute Gasteiger partial charge is 0.370 e. The van der Waals surface area contributed by atoms with Crippen molar-refractivity contribution < 1.29 is 13.2 Å². The van der Waals surface area contributed by atoms with Crippen LogP contribution in [0, 0.1) is 11.3 Å². The Hall–Kier alpha value is -3.38. The summed E-state index contributed by atoms with van der Waals surface area (Å²) >= 11 is 0. The van der Waals surface area contributed by atoms with Gasteiger partial charge in [0.05, 0.1) is 16.5 Å². The zero-order chi connectivity index (χ0) is 24.1. The van der Waals surface area contributed by atoms with E-state index < -0.39 is 16.1 Å². The van der Waals surface area contributed by atoms with E-state index in [0.29, 0.717) is 37.2 Å². The lowest BCUT2D eigenvalue weighted by molar-refractivity contribution is -0.132. The summed E-state index contributed by atoms with van der Waals surface area (Å²) in [5.74, 6) is 0.185. The molecule has 2 aromatic carbocycles. The maximum atomic E-state index is 13.5. The predicted octanol–water partition coefficient (Wildman–Crippen LogP) is 2.89. The van der Waals surface area contributed by atoms with Crippen LogP contribution in [0.3, 0.4) is 0 Å². The van der Waals surface area contributed by atoms with E-state index in [-0.39, 0.29) is 16.6 Å². The van der Waals surface area contributed by atoms with Crippen LogP contribution in [0.25, 0.3) is 0 Å². The highest BCUT2D eigenvalue weighted by atomic mass is 32.2. The summed E-state index contributed by atoms with van der Waals surface area (Å²) in [6.45, 7) is 4.75. The van der Waals surface area contributed by atoms with Crippen molar-refractivity contribution in [2.24, 2.45) is 4.99 Å². The van der Waals surface area contributed by atoms with Gasteiger partial charge in [0.1, 0.15) is 11.9 Å². The van der Waals surface area contributed by atoms with Crippen LogP contribution >= 0.6 is 0 Å². The Bertz CT molecular complexity index is 1220. The number of fused-ring (bicyclic) bond motifs is 1. The molecule has 0 saturated carbocycles. The highest BCUT2D eigenvalue weighted by Crippen LogP contribution is 2.24. The molecule has 1 atom stereocenters. The Morgan fingerprint density at radius 3 is 2.62 bits per heavy atom. The number of hydrogen-bond donors (Lipinski definition) is 1. The number of carbonyl (C=O) groups is 1. The number of carbonyl (C=O) groups excluding carboxylic acids is 1. The molecular weight excluding hydrogens is 450 g/mol. The minimum absolute atomic E-state index is 0.0637. The maximum absolute atomic E-state index is 13.5. The van der Waals surface area contributed by atoms with Gasteiger partial charge in [-0.2, -0.15) is 5.26 Å². The first kappa shape index (κ1) is 23.8. The van der Waals surface area contributed by atoms with Crippen molar-refractivity contribution >= 4 is 27.5 Å². The number of amides is 1. The summed E-state index contributed by atoms with van der Waals surface area (Å²) in [4.78, 5) is 22.4. The number of amidine groups is 1. The topological polar surface area (TPSA) is 106 Å². The lowest BCUT2D eigenvalue weighted by Gasteiger charge is -2.26. The molecule has 1 unspecified atom stereocenters. The number of anilines is 1. The van der Waals surface area contributed by atoms with Gasteiger partial charge in [0.15, 0.2) is 0 Å². The van der Waals surface area contributed by atoms with Crippen molar-refractivity contribution in [3.05, 3.63) is 59.7 Å². The van der Waals surface area contributed by atoms with Gasteiger partial charge in [-0.1, -0.05) is 31.9 Å². The molecule has 1 fully saturated rings. The number of benzene rings is 2. The van der Waals surface area contributed by atoms with Crippen LogP contribution in [-0.4, -0.2) is 57.3 Å². The average Bonchev–Trinajstić information content (AvgIpc) is 3.00. The molecular formula is C25H29N5O3S. The molecule has 34 heavy (non-hydrogen) atoms. The SMILES string of the molecule is CCCCC(N=C1NS(=O)(=O)c2ccccc21)C(=O)N1CCCN(c2ccc(C#N)cc2)CC1. The van der Waals surface area contributed by atoms with Crippen LogP contribution in [0.5, 0.6) is 0 Å². The van der Waals surface area contributed by atoms with Crippen LogP contribution < -0.4 is 9.62 Å². The minimum Gasteiger partial charge on any atom is -0.370 e. The molecule has 9 heteroatoms. The van der Waals surface area contributed by atoms with Gasteiger partial charge in [0, 0.05) is 37.4 Å². The van der Waals surface area contributed by atoms with Crippen LogP contribution in [0.4, 0.5) is 5.69 Å². The first-order valence-electron chi connectivity index (χ1n) is 11.7. The summed E-state index contributed by atoms with van der Waals surface area (Å²) in [5, 5.41) is 9.02. The smallest absolute Gasteiger partial charge is 0.263 e. The van der Waals surface area contributed by atoms with Crippen molar-refractivity contribution in [2.45, 2.75) is 43.5 Å². The van der Waals surface area contributed by atoms with Crippen molar-refractivity contribution in [1.82, 2.24) is 9.62 Å². The number of sulfonamides is 1. The van der Waals surface area contributed by atoms with Crippen molar-refractivity contribution in [1.29, 1.82) is 5.26 Å². The number of rotatable bonds is 6. The number of hydrogen-bond acceptors (Lipinski definition) is 6. The Kier molecular flexibility index (Phi) is 7.17. The third-order valence-electron chi connectivity index (χ3n) is 6.23. The fourth-order valence-electron chi connectivity index (χ4n) is 4.38. The quantitative estimate of drug-likeness (QED) is 0.686. The van der Waals surface area contributed by atoms with Crippen molar-refractivity contribution in [3.63, 3.8) is 0 Å². The summed E-state index contributed by atoms with van der Waals surface area (Å²) in [5.41, 5.74) is 2.17. The molecule has 0 spiro atoms. The first-order chi connectivity index (χ1) is 16.4. The summed E-state index contributed by atoms with van der Waals surface area (Å²) < 4.78 is 27.5. The van der Waals surface area contributed by atoms with E-state index in [2.05, 4.69) is 27.6 Å². The molecule has 2 aliphatic rings. The summed E-state index contributed by atoms with van der Waals surface area (Å²) in [6.07, 6.45) is 3.13. The van der Waals surface area contributed by atoms with Crippen LogP contribution in [-0.2, 0) is 14.8 Å². The maximum Gasteiger partial charge on any atom is 0.263 e. The van der Waals surface area contributed by atoms with Crippen molar-refractivity contribution in [3.8, 4) is 6.07 Å². The minimum atomic E-state index is -3.65. The van der Waals surface area contributed by atoms with E-state index >= 15 is 0 Å². The Balaban J connectivity index is 1.52. The third-order valence-corrected chi connectivity index (χ3v) is 7.63. The number of nitriles is 1. The molecule has 1 amide bonds. The summed E-state index contributed by atoms with van der Waals surface area (Å²) in [6, 6.07) is 15.7. The van der Waals surface area contributed by atoms with Gasteiger partial charge in [-0.3, -0.25) is 14.5 Å². The van der Waals surface area contributed by atoms with Gasteiger partial charge in [0.25, 0.3) is 10.0 Å². The molecule has 0 aromatic heterocycles. The Labute approximate surface area is 201 Å². The van der Waals surface area contributed by atoms with Crippen LogP contribution in [0.2, 0.25) is 0 Å². The number of aliphatic imine (C=N–C) groups is 1. The molecule has 2 aromatic rings. The van der Waals surface area contributed by atoms with E-state index in [9.17, 15) is 13.2 Å². The van der Waals surface area contributed by atoms with Crippen LogP contribution in [0.15, 0.2) is 58.4 Å². The normalized spacial score (nSPS) is 19.1. The molecule has 2 aliphatic heterocycles. The lowest BCUT2D eigenvalue weighted by atomic mass is 10.1. The zero-order valence-electron chi connectivity index (χ0n) is 19.3. The van der Waals surface area contributed by atoms with E-state index in [0.717, 1.165) is 31.5 Å². The van der Waals surface area contributed by atoms with E-state index in [1.54, 1.807) is 36.4 Å². The molecule has 4 rings (SSSR count). The van der Waals surface area contributed by atoms with E-state index in [1.165, 1.54) is 0 Å². The number of nitrogens with zero attached hydrogens (tertiary/aromatic N) is 4. The first-order valence-corrected chi connectivity index (χ1v) is 13.1. The molecule has 1 saturated heterocycles. The van der Waals surface area contributed by atoms with Gasteiger partial charge < -0.3 is 9.80 Å². The second-order valence-corrected chi connectivity index (χ2v) is 10.2. The average molecular weight is 480 g/mol. The molecule has 0 aliphatic carbocycles. The van der Waals surface area contributed by atoms with Crippen molar-refractivity contribution in [2.75, 3.05) is 31.1 Å². The fourth-order valence-corrected chi connectivity index (χ4v) is 5.62. The van der Waals surface area contributed by atoms with Crippen LogP contribution in [0.1, 0.15) is 43.7 Å². The zero-order valence-corrected chi connectivity index (χ0v) is 20.1. The number of unbranched alkanes of at least 4 members (excludes halogenated alkanes) is 1. The highest BCUT2D eigenvalue weighted by molar-refractivity contribution is 7.90. The molecule has 8 nitrogen and oxygen atoms in total. The second kappa shape index (κ2) is 10.3. The number of nitrogens with one attached hydrogen (secondary N) is 1. The monoisotopic (exact) mass is 479 g/mol. The predicted molar refractivity (Wildman–Crippen MR) is 131 cm³/mol. The van der Waals surface area contributed by atoms with E-state index in [1.807, 2.05) is 17.0 Å². The Morgan fingerprint density at radius 1 is 1.12 bits per heavy atom. The highest BCUT2D eigenvalue weighted by Gasteiger charge is 2.33. The molecule has 178 valence electrons. The second-order valence-electron chi connectivity index (χ2n) is 8.56. The van der Waals surface area contributed by atoms with Gasteiger partial charge >= 0.3 is 0 Å².